The summed E-state index contributed by atoms with van der Waals surface area (Å²) in [4.78, 5) is 17.1. The van der Waals surface area contributed by atoms with Crippen molar-refractivity contribution in [2.75, 3.05) is 12.1 Å². The highest BCUT2D eigenvalue weighted by molar-refractivity contribution is 5.94. The number of carbonyl (C=O) groups is 1. The van der Waals surface area contributed by atoms with E-state index in [1.54, 1.807) is 0 Å². The highest BCUT2D eigenvalue weighted by Gasteiger charge is 2.33. The van der Waals surface area contributed by atoms with Crippen molar-refractivity contribution in [1.82, 2.24) is 9.55 Å². The first-order chi connectivity index (χ1) is 11.3. The summed E-state index contributed by atoms with van der Waals surface area (Å²) in [7, 11) is 0. The Kier molecular flexibility index (Phi) is 2.68. The zero-order valence-electron chi connectivity index (χ0n) is 12.7. The van der Waals surface area contributed by atoms with Crippen LogP contribution < -0.4 is 14.8 Å². The van der Waals surface area contributed by atoms with Crippen molar-refractivity contribution in [1.29, 1.82) is 0 Å². The molecule has 0 radical (unpaired) electrons. The average Bonchev–Trinajstić information content (AvgIpc) is 3.17. The van der Waals surface area contributed by atoms with Gasteiger partial charge in [-0.2, -0.15) is 0 Å². The van der Waals surface area contributed by atoms with Crippen LogP contribution >= 0.6 is 0 Å². The number of rotatable bonds is 1. The molecule has 0 saturated heterocycles. The van der Waals surface area contributed by atoms with Crippen molar-refractivity contribution in [3.8, 4) is 11.5 Å². The number of anilines is 1. The van der Waals surface area contributed by atoms with Crippen molar-refractivity contribution >= 4 is 11.7 Å². The lowest BCUT2D eigenvalue weighted by molar-refractivity contribution is -0.116. The van der Waals surface area contributed by atoms with Gasteiger partial charge in [0.25, 0.3) is 0 Å². The Morgan fingerprint density at radius 1 is 1.22 bits per heavy atom. The lowest BCUT2D eigenvalue weighted by atomic mass is 9.89. The van der Waals surface area contributed by atoms with Crippen LogP contribution in [-0.4, -0.2) is 22.3 Å². The summed E-state index contributed by atoms with van der Waals surface area (Å²) in [5, 5.41) is 3.03. The van der Waals surface area contributed by atoms with Gasteiger partial charge in [0.05, 0.1) is 5.69 Å². The van der Waals surface area contributed by atoms with Gasteiger partial charge >= 0.3 is 0 Å². The summed E-state index contributed by atoms with van der Waals surface area (Å²) in [5.41, 5.74) is 2.04. The van der Waals surface area contributed by atoms with Gasteiger partial charge in [-0.25, -0.2) is 4.98 Å². The van der Waals surface area contributed by atoms with Crippen molar-refractivity contribution in [3.05, 3.63) is 35.3 Å². The van der Waals surface area contributed by atoms with Gasteiger partial charge in [-0.05, 0) is 30.5 Å². The zero-order chi connectivity index (χ0) is 15.4. The smallest absolute Gasteiger partial charge is 0.231 e. The third kappa shape index (κ3) is 1.94. The van der Waals surface area contributed by atoms with Crippen LogP contribution in [0.3, 0.4) is 0 Å². The van der Waals surface area contributed by atoms with E-state index >= 15 is 0 Å². The second-order valence-corrected chi connectivity index (χ2v) is 6.29. The number of hydrogen-bond acceptors (Lipinski definition) is 4. The van der Waals surface area contributed by atoms with Crippen LogP contribution in [0.25, 0.3) is 0 Å². The molecule has 1 amide bonds. The SMILES string of the molecule is O=C1C[C@@H](c2ccc3c(c2)OCO3)c2nc3n(c2N1)CCCC3. The number of hydrogen-bond donors (Lipinski definition) is 1. The van der Waals surface area contributed by atoms with Crippen LogP contribution in [0.1, 0.15) is 42.3 Å². The first kappa shape index (κ1) is 13.0. The zero-order valence-corrected chi connectivity index (χ0v) is 12.7. The Morgan fingerprint density at radius 3 is 3.09 bits per heavy atom. The summed E-state index contributed by atoms with van der Waals surface area (Å²) in [6.45, 7) is 1.19. The van der Waals surface area contributed by atoms with Crippen molar-refractivity contribution in [3.63, 3.8) is 0 Å². The molecule has 0 saturated carbocycles. The monoisotopic (exact) mass is 311 g/mol. The Morgan fingerprint density at radius 2 is 2.13 bits per heavy atom. The lowest BCUT2D eigenvalue weighted by Crippen LogP contribution is -2.25. The van der Waals surface area contributed by atoms with Gasteiger partial charge in [0.2, 0.25) is 12.7 Å². The van der Waals surface area contributed by atoms with Crippen molar-refractivity contribution in [2.24, 2.45) is 0 Å². The number of nitrogens with one attached hydrogen (secondary N) is 1. The van der Waals surface area contributed by atoms with Crippen LogP contribution in [-0.2, 0) is 17.8 Å². The Balaban J connectivity index is 1.62. The van der Waals surface area contributed by atoms with E-state index in [1.165, 1.54) is 6.42 Å². The second-order valence-electron chi connectivity index (χ2n) is 6.29. The maximum absolute atomic E-state index is 12.2. The minimum atomic E-state index is -0.0219. The van der Waals surface area contributed by atoms with E-state index in [-0.39, 0.29) is 18.6 Å². The van der Waals surface area contributed by atoms with Crippen LogP contribution in [0.2, 0.25) is 0 Å². The van der Waals surface area contributed by atoms with E-state index in [1.807, 2.05) is 18.2 Å². The van der Waals surface area contributed by atoms with E-state index in [9.17, 15) is 4.79 Å². The fourth-order valence-corrected chi connectivity index (χ4v) is 3.75. The first-order valence-electron chi connectivity index (χ1n) is 8.08. The Labute approximate surface area is 133 Å². The molecule has 2 aromatic rings. The molecule has 1 N–H and O–H groups in total. The predicted molar refractivity (Wildman–Crippen MR) is 82.8 cm³/mol. The van der Waals surface area contributed by atoms with Crippen LogP contribution in [0.15, 0.2) is 18.2 Å². The first-order valence-corrected chi connectivity index (χ1v) is 8.08. The van der Waals surface area contributed by atoms with Gasteiger partial charge in [-0.1, -0.05) is 6.07 Å². The number of benzene rings is 1. The molecule has 5 rings (SSSR count). The number of carbonyl (C=O) groups excluding carboxylic acids is 1. The van der Waals surface area contributed by atoms with E-state index in [0.717, 1.165) is 53.8 Å². The highest BCUT2D eigenvalue weighted by Crippen LogP contribution is 2.42. The highest BCUT2D eigenvalue weighted by atomic mass is 16.7. The summed E-state index contributed by atoms with van der Waals surface area (Å²) in [6.07, 6.45) is 3.71. The van der Waals surface area contributed by atoms with E-state index in [0.29, 0.717) is 6.42 Å². The third-order valence-corrected chi connectivity index (χ3v) is 4.88. The number of imidazole rings is 1. The quantitative estimate of drug-likeness (QED) is 0.878. The molecule has 0 unspecified atom stereocenters. The number of ether oxygens (including phenoxy) is 2. The topological polar surface area (TPSA) is 65.4 Å². The molecular formula is C17H17N3O3. The van der Waals surface area contributed by atoms with E-state index in [4.69, 9.17) is 14.5 Å². The van der Waals surface area contributed by atoms with Crippen LogP contribution in [0.4, 0.5) is 5.82 Å². The molecule has 1 aromatic heterocycles. The van der Waals surface area contributed by atoms with Gasteiger partial charge in [0, 0.05) is 25.3 Å². The molecule has 0 aliphatic carbocycles. The molecule has 6 nitrogen and oxygen atoms in total. The van der Waals surface area contributed by atoms with Crippen LogP contribution in [0.5, 0.6) is 11.5 Å². The fourth-order valence-electron chi connectivity index (χ4n) is 3.75. The number of aryl methyl sites for hydroxylation is 1. The van der Waals surface area contributed by atoms with Crippen LogP contribution in [0, 0.1) is 0 Å². The molecule has 3 aliphatic rings. The number of aromatic nitrogens is 2. The minimum absolute atomic E-state index is 0.0219. The molecule has 3 aliphatic heterocycles. The number of amides is 1. The molecule has 23 heavy (non-hydrogen) atoms. The normalized spacial score (nSPS) is 21.6. The summed E-state index contributed by atoms with van der Waals surface area (Å²) >= 11 is 0. The lowest BCUT2D eigenvalue weighted by Gasteiger charge is -2.24. The molecule has 6 heteroatoms. The van der Waals surface area contributed by atoms with Crippen molar-refractivity contribution < 1.29 is 14.3 Å². The summed E-state index contributed by atoms with van der Waals surface area (Å²) in [6, 6.07) is 5.91. The molecule has 118 valence electrons. The Hall–Kier alpha value is -2.50. The third-order valence-electron chi connectivity index (χ3n) is 4.88. The molecule has 0 fully saturated rings. The van der Waals surface area contributed by atoms with Gasteiger partial charge < -0.3 is 19.4 Å². The molecule has 0 bridgehead atoms. The van der Waals surface area contributed by atoms with E-state index in [2.05, 4.69) is 9.88 Å². The van der Waals surface area contributed by atoms with Gasteiger partial charge in [0.15, 0.2) is 11.5 Å². The molecular weight excluding hydrogens is 294 g/mol. The Bertz CT molecular complexity index is 812. The maximum atomic E-state index is 12.2. The second kappa shape index (κ2) is 4.75. The fraction of sp³-hybridized carbons (Fsp3) is 0.412. The predicted octanol–water partition coefficient (Wildman–Crippen LogP) is 2.42. The van der Waals surface area contributed by atoms with E-state index < -0.39 is 0 Å². The largest absolute Gasteiger partial charge is 0.454 e. The van der Waals surface area contributed by atoms with Gasteiger partial charge in [-0.15, -0.1) is 0 Å². The van der Waals surface area contributed by atoms with Crippen molar-refractivity contribution in [2.45, 2.75) is 38.1 Å². The van der Waals surface area contributed by atoms with Gasteiger partial charge in [0.1, 0.15) is 11.6 Å². The summed E-state index contributed by atoms with van der Waals surface area (Å²) in [5.74, 6) is 3.52. The van der Waals surface area contributed by atoms with Gasteiger partial charge in [-0.3, -0.25) is 4.79 Å². The maximum Gasteiger partial charge on any atom is 0.231 e. The minimum Gasteiger partial charge on any atom is -0.454 e. The summed E-state index contributed by atoms with van der Waals surface area (Å²) < 4.78 is 13.0. The molecule has 1 aromatic carbocycles. The standard InChI is InChI=1S/C17H17N3O3/c21-15-8-11(10-4-5-12-13(7-10)23-9-22-12)16-17(19-15)20-6-2-1-3-14(20)18-16/h4-5,7,11H,1-3,6,8-9H2,(H,19,21)/t11-/m0/s1. The molecule has 0 spiro atoms. The number of nitrogens with zero attached hydrogens (tertiary/aromatic N) is 2. The molecule has 4 heterocycles. The average molecular weight is 311 g/mol. The number of fused-ring (bicyclic) bond motifs is 4. The molecule has 1 atom stereocenters.